The number of carbonyl (C=O) groups is 6. The first-order valence-electron chi connectivity index (χ1n) is 17.4. The summed E-state index contributed by atoms with van der Waals surface area (Å²) in [6.45, 7) is 18.1. The van der Waals surface area contributed by atoms with E-state index in [1.165, 1.54) is 0 Å². The van der Waals surface area contributed by atoms with Gasteiger partial charge in [0.2, 0.25) is 23.5 Å². The zero-order valence-electron chi connectivity index (χ0n) is 30.0. The van der Waals surface area contributed by atoms with Gasteiger partial charge < -0.3 is 31.1 Å². The maximum Gasteiger partial charge on any atom is 0.319 e. The Bertz CT molecular complexity index is 1260. The summed E-state index contributed by atoms with van der Waals surface area (Å²) >= 11 is 0. The number of nitrogens with one attached hydrogen (secondary N) is 2. The lowest BCUT2D eigenvalue weighted by atomic mass is 9.77. The maximum atomic E-state index is 14.4. The van der Waals surface area contributed by atoms with Crippen LogP contribution < -0.4 is 16.4 Å². The molecule has 264 valence electrons. The van der Waals surface area contributed by atoms with Gasteiger partial charge in [-0.1, -0.05) is 74.7 Å². The second-order valence-electron chi connectivity index (χ2n) is 17.3. The van der Waals surface area contributed by atoms with Crippen molar-refractivity contribution in [1.29, 1.82) is 0 Å². The highest BCUT2D eigenvalue weighted by Gasteiger charge is 2.70. The van der Waals surface area contributed by atoms with Gasteiger partial charge in [0.05, 0.1) is 6.04 Å². The summed E-state index contributed by atoms with van der Waals surface area (Å²) in [5.41, 5.74) is 4.23. The molecule has 0 radical (unpaired) electrons. The van der Waals surface area contributed by atoms with Gasteiger partial charge in [-0.2, -0.15) is 0 Å². The third kappa shape index (κ3) is 7.94. The molecule has 2 saturated carbocycles. The first kappa shape index (κ1) is 36.7. The van der Waals surface area contributed by atoms with Gasteiger partial charge in [0.1, 0.15) is 12.1 Å². The first-order chi connectivity index (χ1) is 21.6. The molecule has 0 spiro atoms. The summed E-state index contributed by atoms with van der Waals surface area (Å²) in [4.78, 5) is 84.6. The lowest BCUT2D eigenvalue weighted by molar-refractivity contribution is -0.146. The number of hydrogen-bond acceptors (Lipinski definition) is 6. The van der Waals surface area contributed by atoms with Crippen LogP contribution in [0, 0.1) is 39.9 Å². The van der Waals surface area contributed by atoms with E-state index in [4.69, 9.17) is 5.73 Å². The van der Waals surface area contributed by atoms with Crippen molar-refractivity contribution in [2.45, 2.75) is 112 Å². The SMILES string of the molecule is CN1CCCN(C[C@@H](CC(=O)N[C@H](C(=O)N2C[C@H]3[C@@H]([C@H]2C(=O)NC(CC2CCC2)C(=O)C(N)=O)C3(C)C)C(C)(C)C)C(C)(C)C)C1=O. The molecule has 2 heterocycles. The third-order valence-electron chi connectivity index (χ3n) is 11.5. The van der Waals surface area contributed by atoms with Crippen LogP contribution in [0.3, 0.4) is 0 Å². The van der Waals surface area contributed by atoms with Crippen molar-refractivity contribution in [3.63, 3.8) is 0 Å². The molecule has 2 aliphatic heterocycles. The Morgan fingerprint density at radius 3 is 2.13 bits per heavy atom. The lowest BCUT2D eigenvalue weighted by Gasteiger charge is -2.40. The fraction of sp³-hybridized carbons (Fsp3) is 0.829. The molecule has 2 saturated heterocycles. The fourth-order valence-electron chi connectivity index (χ4n) is 7.81. The molecule has 4 N–H and O–H groups in total. The van der Waals surface area contributed by atoms with Crippen molar-refractivity contribution in [3.05, 3.63) is 0 Å². The van der Waals surface area contributed by atoms with E-state index in [0.29, 0.717) is 32.6 Å². The molecule has 6 atom stereocenters. The number of urea groups is 1. The second kappa shape index (κ2) is 13.4. The number of likely N-dealkylation sites (tertiary alicyclic amines) is 1. The van der Waals surface area contributed by atoms with Crippen LogP contribution >= 0.6 is 0 Å². The normalized spacial score (nSPS) is 26.1. The monoisotopic (exact) mass is 658 g/mol. The second-order valence-corrected chi connectivity index (χ2v) is 17.3. The summed E-state index contributed by atoms with van der Waals surface area (Å²) in [6, 6.07) is -2.81. The Morgan fingerprint density at radius 1 is 0.957 bits per heavy atom. The number of nitrogens with zero attached hydrogens (tertiary/aromatic N) is 3. The molecular formula is C35H58N6O6. The molecule has 6 amide bonds. The zero-order chi connectivity index (χ0) is 35.2. The van der Waals surface area contributed by atoms with Gasteiger partial charge in [-0.15, -0.1) is 0 Å². The van der Waals surface area contributed by atoms with E-state index in [1.807, 2.05) is 25.7 Å². The molecule has 0 bridgehead atoms. The molecule has 47 heavy (non-hydrogen) atoms. The molecular weight excluding hydrogens is 600 g/mol. The van der Waals surface area contributed by atoms with Crippen LogP contribution in [0.25, 0.3) is 0 Å². The van der Waals surface area contributed by atoms with Crippen LogP contribution in [0.4, 0.5) is 4.79 Å². The summed E-state index contributed by atoms with van der Waals surface area (Å²) in [5.74, 6) is -2.91. The van der Waals surface area contributed by atoms with Crippen LogP contribution in [0.1, 0.15) is 93.9 Å². The third-order valence-corrected chi connectivity index (χ3v) is 11.5. The quantitative estimate of drug-likeness (QED) is 0.273. The molecule has 0 aromatic heterocycles. The Morgan fingerprint density at radius 2 is 1.60 bits per heavy atom. The molecule has 0 aromatic carbocycles. The Hall–Kier alpha value is -3.18. The smallest absolute Gasteiger partial charge is 0.319 e. The highest BCUT2D eigenvalue weighted by molar-refractivity contribution is 6.37. The topological polar surface area (TPSA) is 162 Å². The van der Waals surface area contributed by atoms with Gasteiger partial charge in [-0.25, -0.2) is 4.79 Å². The van der Waals surface area contributed by atoms with Crippen molar-refractivity contribution in [3.8, 4) is 0 Å². The van der Waals surface area contributed by atoms with E-state index >= 15 is 0 Å². The van der Waals surface area contributed by atoms with Gasteiger partial charge in [0.25, 0.3) is 5.91 Å². The summed E-state index contributed by atoms with van der Waals surface area (Å²) < 4.78 is 0. The number of carbonyl (C=O) groups excluding carboxylic acids is 6. The van der Waals surface area contributed by atoms with Crippen molar-refractivity contribution >= 4 is 35.4 Å². The van der Waals surface area contributed by atoms with Gasteiger partial charge in [-0.05, 0) is 52.8 Å². The van der Waals surface area contributed by atoms with E-state index < -0.39 is 41.1 Å². The van der Waals surface area contributed by atoms with Crippen molar-refractivity contribution < 1.29 is 28.8 Å². The van der Waals surface area contributed by atoms with Crippen molar-refractivity contribution in [1.82, 2.24) is 25.3 Å². The van der Waals surface area contributed by atoms with Crippen LogP contribution in [0.5, 0.6) is 0 Å². The highest BCUT2D eigenvalue weighted by Crippen LogP contribution is 2.65. The van der Waals surface area contributed by atoms with Crippen LogP contribution in [0.2, 0.25) is 0 Å². The molecule has 12 nitrogen and oxygen atoms in total. The minimum atomic E-state index is -1.08. The fourth-order valence-corrected chi connectivity index (χ4v) is 7.81. The summed E-state index contributed by atoms with van der Waals surface area (Å²) in [7, 11) is 1.79. The van der Waals surface area contributed by atoms with E-state index in [-0.39, 0.29) is 58.8 Å². The minimum absolute atomic E-state index is 0.0408. The molecule has 12 heteroatoms. The Labute approximate surface area is 280 Å². The maximum absolute atomic E-state index is 14.4. The average molecular weight is 659 g/mol. The molecule has 1 unspecified atom stereocenters. The van der Waals surface area contributed by atoms with Gasteiger partial charge >= 0.3 is 6.03 Å². The predicted octanol–water partition coefficient (Wildman–Crippen LogP) is 2.54. The summed E-state index contributed by atoms with van der Waals surface area (Å²) in [5, 5.41) is 5.85. The molecule has 2 aliphatic carbocycles. The molecule has 4 aliphatic rings. The van der Waals surface area contributed by atoms with Gasteiger partial charge in [0.15, 0.2) is 0 Å². The number of rotatable bonds is 12. The largest absolute Gasteiger partial charge is 0.363 e. The number of amides is 6. The number of fused-ring (bicyclic) bond motifs is 1. The number of piperidine rings is 1. The van der Waals surface area contributed by atoms with E-state index in [1.54, 1.807) is 16.8 Å². The van der Waals surface area contributed by atoms with E-state index in [0.717, 1.165) is 25.7 Å². The number of ketones is 1. The Kier molecular flexibility index (Phi) is 10.4. The van der Waals surface area contributed by atoms with Crippen molar-refractivity contribution in [2.75, 3.05) is 33.2 Å². The zero-order valence-corrected chi connectivity index (χ0v) is 30.0. The number of primary amides is 1. The van der Waals surface area contributed by atoms with E-state index in [2.05, 4.69) is 45.3 Å². The van der Waals surface area contributed by atoms with Gasteiger partial charge in [0, 0.05) is 39.6 Å². The Balaban J connectivity index is 1.51. The number of hydrogen-bond donors (Lipinski definition) is 3. The van der Waals surface area contributed by atoms with Crippen LogP contribution in [-0.4, -0.2) is 101 Å². The lowest BCUT2D eigenvalue weighted by Crippen LogP contribution is -2.60. The predicted molar refractivity (Wildman–Crippen MR) is 178 cm³/mol. The van der Waals surface area contributed by atoms with Gasteiger partial charge in [-0.3, -0.25) is 24.0 Å². The number of Topliss-reactive ketones (excluding diaryl/α,β-unsaturated/α-hetero) is 1. The average Bonchev–Trinajstić information content (AvgIpc) is 3.25. The minimum Gasteiger partial charge on any atom is -0.363 e. The highest BCUT2D eigenvalue weighted by atomic mass is 16.2. The molecule has 4 rings (SSSR count). The summed E-state index contributed by atoms with van der Waals surface area (Å²) in [6.07, 6.45) is 4.26. The standard InChI is InChI=1S/C35H58N6O6/c1-33(2,3)21(18-40-15-11-14-39(9)32(40)47)17-24(42)38-28(34(4,5)6)31(46)41-19-22-25(35(22,7)8)26(41)30(45)37-23(27(43)29(36)44)16-20-12-10-13-20/h20-23,25-26,28H,10-19H2,1-9H3,(H2,36,44)(H,37,45)(H,38,42)/t21-,22+,23?,25+,26+,28-/m1/s1. The van der Waals surface area contributed by atoms with Crippen LogP contribution in [0.15, 0.2) is 0 Å². The number of nitrogens with two attached hydrogens (primary N) is 1. The van der Waals surface area contributed by atoms with E-state index in [9.17, 15) is 28.8 Å². The van der Waals surface area contributed by atoms with Crippen molar-refractivity contribution in [2.24, 2.45) is 45.7 Å². The molecule has 0 aromatic rings. The van der Waals surface area contributed by atoms with Crippen LogP contribution in [-0.2, 0) is 24.0 Å². The first-order valence-corrected chi connectivity index (χ1v) is 17.4. The molecule has 4 fully saturated rings.